The molecule has 1 atom stereocenters. The Kier molecular flexibility index (Phi) is 6.81. The van der Waals surface area contributed by atoms with Crippen molar-refractivity contribution in [2.45, 2.75) is 41.6 Å². The molecule has 0 rings (SSSR count). The molecule has 1 unspecified atom stereocenters. The Bertz CT molecular complexity index is 773. The number of esters is 1. The van der Waals surface area contributed by atoms with Gasteiger partial charge in [0.2, 0.25) is 0 Å². The molecule has 0 spiro atoms. The molecule has 0 aliphatic heterocycles. The third-order valence-corrected chi connectivity index (χ3v) is 3.45. The van der Waals surface area contributed by atoms with Crippen molar-refractivity contribution in [3.8, 4) is 0 Å². The molecule has 180 valence electrons. The quantitative estimate of drug-likeness (QED) is 0.309. The smallest absolute Gasteiger partial charge is 0.460 e. The van der Waals surface area contributed by atoms with Gasteiger partial charge in [-0.3, -0.25) is 4.55 Å². The minimum absolute atomic E-state index is 0.247. The molecule has 0 saturated carbocycles. The fourth-order valence-corrected chi connectivity index (χ4v) is 1.93. The van der Waals surface area contributed by atoms with Crippen molar-refractivity contribution < 1.29 is 88.2 Å². The fourth-order valence-electron chi connectivity index (χ4n) is 1.46. The molecule has 0 aromatic heterocycles. The van der Waals surface area contributed by atoms with E-state index in [0.717, 1.165) is 0 Å². The van der Waals surface area contributed by atoms with Gasteiger partial charge in [0, 0.05) is 0 Å². The predicted molar refractivity (Wildman–Crippen MR) is 59.3 cm³/mol. The Morgan fingerprint density at radius 2 is 0.967 bits per heavy atom. The highest BCUT2D eigenvalue weighted by molar-refractivity contribution is 7.81. The van der Waals surface area contributed by atoms with Gasteiger partial charge in [-0.15, -0.1) is 0 Å². The molecule has 0 bridgehead atoms. The molecule has 30 heavy (non-hydrogen) atoms. The van der Waals surface area contributed by atoms with Crippen molar-refractivity contribution in [1.82, 2.24) is 0 Å². The zero-order valence-electron chi connectivity index (χ0n) is 13.2. The van der Waals surface area contributed by atoms with Gasteiger partial charge in [-0.1, -0.05) is 0 Å². The van der Waals surface area contributed by atoms with Crippen LogP contribution in [-0.4, -0.2) is 67.7 Å². The van der Waals surface area contributed by atoms with Gasteiger partial charge >= 0.3 is 58.0 Å². The molecular weight excluding hydrogens is 502 g/mol. The lowest BCUT2D eigenvalue weighted by molar-refractivity contribution is -0.452. The Hall–Kier alpha value is -1.64. The molecule has 0 radical (unpaired) electrons. The fraction of sp³-hybridized carbons (Fsp3) is 0.889. The van der Waals surface area contributed by atoms with Gasteiger partial charge in [0.25, 0.3) is 0 Å². The van der Waals surface area contributed by atoms with Crippen molar-refractivity contribution in [2.75, 3.05) is 7.11 Å². The summed E-state index contributed by atoms with van der Waals surface area (Å²) in [5.41, 5.74) is 0. The van der Waals surface area contributed by atoms with Crippen molar-refractivity contribution in [2.24, 2.45) is 0 Å². The minimum Gasteiger partial charge on any atom is -0.465 e. The average Bonchev–Trinajstić information content (AvgIpc) is 2.50. The number of methoxy groups -OCH3 is 1. The summed E-state index contributed by atoms with van der Waals surface area (Å²) in [7, 11) is -7.11. The number of carbonyl (C=O) groups excluding carboxylic acids is 1. The summed E-state index contributed by atoms with van der Waals surface area (Å²) >= 11 is 0. The van der Waals surface area contributed by atoms with Crippen LogP contribution in [-0.2, 0) is 24.1 Å². The Labute approximate surface area is 154 Å². The van der Waals surface area contributed by atoms with Crippen molar-refractivity contribution in [3.05, 3.63) is 0 Å². The Morgan fingerprint density at radius 1 is 0.667 bits per heavy atom. The van der Waals surface area contributed by atoms with E-state index in [2.05, 4.69) is 8.92 Å². The van der Waals surface area contributed by atoms with Crippen LogP contribution >= 0.6 is 0 Å². The summed E-state index contributed by atoms with van der Waals surface area (Å²) < 4.78 is 216. The SMILES string of the molecule is COC(=O)C(F)(OS(=O)(=O)O)C(F)(F)C(F)(F)C(F)(F)C(F)(F)C(F)(F)C(F)(F)F. The topological polar surface area (TPSA) is 89.9 Å². The lowest BCUT2D eigenvalue weighted by atomic mass is 9.90. The van der Waals surface area contributed by atoms with Crippen LogP contribution in [0.25, 0.3) is 0 Å². The first kappa shape index (κ1) is 28.4. The van der Waals surface area contributed by atoms with E-state index in [1.165, 1.54) is 0 Å². The zero-order valence-corrected chi connectivity index (χ0v) is 14.0. The van der Waals surface area contributed by atoms with E-state index in [-0.39, 0.29) is 7.11 Å². The molecule has 0 aromatic carbocycles. The molecule has 21 heteroatoms. The first-order valence-electron chi connectivity index (χ1n) is 6.10. The van der Waals surface area contributed by atoms with Crippen LogP contribution in [0.2, 0.25) is 0 Å². The van der Waals surface area contributed by atoms with Gasteiger partial charge < -0.3 is 4.74 Å². The standard InChI is InChI=1S/C9H4F14O6S/c1-28-2(24)3(10,29-30(25,26)27)4(11,12)5(13,14)6(15,16)7(17,18)8(19,20)9(21,22)23/h1H3,(H,25,26,27). The number of rotatable bonds is 8. The molecular formula is C9H4F14O6S. The highest BCUT2D eigenvalue weighted by Gasteiger charge is 2.94. The summed E-state index contributed by atoms with van der Waals surface area (Å²) in [6.45, 7) is 0. The molecule has 0 aromatic rings. The summed E-state index contributed by atoms with van der Waals surface area (Å²) in [4.78, 5) is 10.9. The van der Waals surface area contributed by atoms with Crippen LogP contribution in [0.5, 0.6) is 0 Å². The van der Waals surface area contributed by atoms with Crippen LogP contribution < -0.4 is 0 Å². The highest BCUT2D eigenvalue weighted by Crippen LogP contribution is 2.62. The molecule has 0 saturated heterocycles. The minimum atomic E-state index is -8.56. The van der Waals surface area contributed by atoms with Gasteiger partial charge in [0.05, 0.1) is 7.11 Å². The largest absolute Gasteiger partial charge is 0.465 e. The molecule has 1 N–H and O–H groups in total. The van der Waals surface area contributed by atoms with Crippen LogP contribution in [0.1, 0.15) is 0 Å². The van der Waals surface area contributed by atoms with E-state index in [4.69, 9.17) is 4.55 Å². The van der Waals surface area contributed by atoms with E-state index in [9.17, 15) is 74.7 Å². The molecule has 0 fully saturated rings. The normalized spacial score (nSPS) is 17.5. The van der Waals surface area contributed by atoms with Crippen molar-refractivity contribution >= 4 is 16.4 Å². The van der Waals surface area contributed by atoms with E-state index in [1.54, 1.807) is 0 Å². The van der Waals surface area contributed by atoms with E-state index < -0.39 is 58.0 Å². The third kappa shape index (κ3) is 3.85. The first-order valence-corrected chi connectivity index (χ1v) is 7.46. The third-order valence-electron chi connectivity index (χ3n) is 3.01. The van der Waals surface area contributed by atoms with Crippen LogP contribution in [0.15, 0.2) is 0 Å². The van der Waals surface area contributed by atoms with Crippen LogP contribution in [0, 0.1) is 0 Å². The van der Waals surface area contributed by atoms with Gasteiger partial charge in [0.1, 0.15) is 0 Å². The Morgan fingerprint density at radius 3 is 1.23 bits per heavy atom. The summed E-state index contributed by atoms with van der Waals surface area (Å²) in [5.74, 6) is -52.2. The summed E-state index contributed by atoms with van der Waals surface area (Å²) in [6, 6.07) is 0. The lowest BCUT2D eigenvalue weighted by Gasteiger charge is -2.41. The second-order valence-electron chi connectivity index (χ2n) is 4.97. The van der Waals surface area contributed by atoms with Gasteiger partial charge in [0.15, 0.2) is 0 Å². The predicted octanol–water partition coefficient (Wildman–Crippen LogP) is 3.38. The molecule has 6 nitrogen and oxygen atoms in total. The number of halogens is 14. The van der Waals surface area contributed by atoms with E-state index >= 15 is 0 Å². The lowest BCUT2D eigenvalue weighted by Crippen LogP contribution is -2.74. The van der Waals surface area contributed by atoms with Crippen molar-refractivity contribution in [3.63, 3.8) is 0 Å². The second kappa shape index (κ2) is 7.21. The first-order chi connectivity index (χ1) is 12.7. The molecule has 0 aliphatic carbocycles. The average molecular weight is 506 g/mol. The maximum Gasteiger partial charge on any atom is 0.460 e. The summed E-state index contributed by atoms with van der Waals surface area (Å²) in [5, 5.41) is 0. The van der Waals surface area contributed by atoms with Gasteiger partial charge in [-0.2, -0.15) is 74.1 Å². The highest BCUT2D eigenvalue weighted by atomic mass is 32.3. The van der Waals surface area contributed by atoms with Gasteiger partial charge in [-0.25, -0.2) is 4.79 Å². The molecule has 0 amide bonds. The number of hydrogen-bond acceptors (Lipinski definition) is 5. The maximum atomic E-state index is 14.0. The maximum absolute atomic E-state index is 14.0. The van der Waals surface area contributed by atoms with E-state index in [1.807, 2.05) is 0 Å². The summed E-state index contributed by atoms with van der Waals surface area (Å²) in [6.07, 6.45) is -7.76. The second-order valence-corrected chi connectivity index (χ2v) is 5.99. The van der Waals surface area contributed by atoms with Crippen LogP contribution in [0.4, 0.5) is 61.5 Å². The molecule has 0 aliphatic rings. The van der Waals surface area contributed by atoms with Gasteiger partial charge in [-0.05, 0) is 0 Å². The molecule has 0 heterocycles. The van der Waals surface area contributed by atoms with Crippen LogP contribution in [0.3, 0.4) is 0 Å². The van der Waals surface area contributed by atoms with E-state index in [0.29, 0.717) is 0 Å². The number of hydrogen-bond donors (Lipinski definition) is 1. The number of ether oxygens (including phenoxy) is 1. The monoisotopic (exact) mass is 506 g/mol. The Balaban J connectivity index is 6.97. The zero-order chi connectivity index (χ0) is 25.0. The number of alkyl halides is 14. The van der Waals surface area contributed by atoms with Crippen molar-refractivity contribution in [1.29, 1.82) is 0 Å². The number of carbonyl (C=O) groups is 1.